The summed E-state index contributed by atoms with van der Waals surface area (Å²) in [6, 6.07) is 16.2. The van der Waals surface area contributed by atoms with E-state index in [-0.39, 0.29) is 89.6 Å². The zero-order valence-corrected chi connectivity index (χ0v) is 51.7. The molecule has 0 aliphatic carbocycles. The molecular weight excluding hydrogens is 1110 g/mol. The number of hydrogen-bond acceptors (Lipinski definition) is 14. The molecule has 2 aromatic carbocycles. The van der Waals surface area contributed by atoms with Crippen molar-refractivity contribution in [2.75, 3.05) is 141 Å². The maximum Gasteiger partial charge on any atom is 0.253 e. The van der Waals surface area contributed by atoms with Crippen LogP contribution in [0.25, 0.3) is 0 Å². The van der Waals surface area contributed by atoms with Gasteiger partial charge in [-0.25, -0.2) is 8.78 Å². The van der Waals surface area contributed by atoms with Crippen LogP contribution in [0.4, 0.5) is 20.2 Å². The first kappa shape index (κ1) is 62.4. The predicted molar refractivity (Wildman–Crippen MR) is 328 cm³/mol. The molecule has 7 aliphatic rings. The SMILES string of the molecule is C[C@@H]1CN(CC(=O)N2CC(C)(C)c3[nH]c(=O)c(Cc4ccc(F)cc4)cc32)[C@@H](CN2CCOC(C(=O)N(C)CC3CCN(C(=O)C4CN(C[C@H]5CN[C@H](C)CN5CC(=O)N5CC(C)(C)c6[nH]c(=O)c(Cc7ccc(F)cc7)cc65)CCO4)CC3)C2)CN1. The van der Waals surface area contributed by atoms with Crippen LogP contribution in [0.3, 0.4) is 0 Å². The molecule has 470 valence electrons. The lowest BCUT2D eigenvalue weighted by Gasteiger charge is -2.44. The van der Waals surface area contributed by atoms with E-state index in [2.05, 4.69) is 54.0 Å². The summed E-state index contributed by atoms with van der Waals surface area (Å²) in [5, 5.41) is 7.22. The predicted octanol–water partition coefficient (Wildman–Crippen LogP) is 2.89. The first-order valence-electron chi connectivity index (χ1n) is 31.3. The summed E-state index contributed by atoms with van der Waals surface area (Å²) in [6.45, 7) is 22.4. The fourth-order valence-corrected chi connectivity index (χ4v) is 14.3. The van der Waals surface area contributed by atoms with Crippen molar-refractivity contribution in [2.45, 2.75) is 114 Å². The molecule has 0 saturated carbocycles. The van der Waals surface area contributed by atoms with Crippen LogP contribution in [0.5, 0.6) is 0 Å². The summed E-state index contributed by atoms with van der Waals surface area (Å²) >= 11 is 0. The van der Waals surface area contributed by atoms with Crippen LogP contribution >= 0.6 is 0 Å². The maximum absolute atomic E-state index is 14.4. The second-order valence-electron chi connectivity index (χ2n) is 27.1. The van der Waals surface area contributed by atoms with Crippen LogP contribution in [0, 0.1) is 17.6 Å². The highest BCUT2D eigenvalue weighted by Gasteiger charge is 2.44. The fraction of sp³-hybridized carbons (Fsp3) is 0.600. The van der Waals surface area contributed by atoms with Crippen LogP contribution in [0.15, 0.2) is 70.3 Å². The van der Waals surface area contributed by atoms with E-state index in [9.17, 15) is 37.5 Å². The quantitative estimate of drug-likeness (QED) is 0.128. The number of nitrogens with zero attached hydrogens (tertiary/aromatic N) is 8. The number of ether oxygens (including phenoxy) is 2. The number of likely N-dealkylation sites (tertiary alicyclic amines) is 1. The Labute approximate surface area is 508 Å². The number of rotatable bonds is 16. The Morgan fingerprint density at radius 1 is 0.621 bits per heavy atom. The van der Waals surface area contributed by atoms with E-state index < -0.39 is 23.0 Å². The summed E-state index contributed by atoms with van der Waals surface area (Å²) in [6.07, 6.45) is 0.899. The molecule has 4 N–H and O–H groups in total. The molecule has 87 heavy (non-hydrogen) atoms. The van der Waals surface area contributed by atoms with Crippen molar-refractivity contribution in [2.24, 2.45) is 5.92 Å². The molecule has 4 aromatic rings. The number of anilines is 2. The number of halogens is 2. The summed E-state index contributed by atoms with van der Waals surface area (Å²) in [7, 11) is 1.84. The van der Waals surface area contributed by atoms with Gasteiger partial charge in [0.2, 0.25) is 11.8 Å². The molecular formula is C65H88F2N12O8. The highest BCUT2D eigenvalue weighted by molar-refractivity contribution is 5.98. The number of piperazine rings is 2. The van der Waals surface area contributed by atoms with Gasteiger partial charge in [-0.2, -0.15) is 0 Å². The molecule has 2 unspecified atom stereocenters. The number of fused-ring (bicyclic) bond motifs is 2. The number of morpholine rings is 2. The van der Waals surface area contributed by atoms with Gasteiger partial charge in [-0.3, -0.25) is 48.4 Å². The molecule has 0 bridgehead atoms. The molecule has 5 fully saturated rings. The molecule has 22 heteroatoms. The van der Waals surface area contributed by atoms with Gasteiger partial charge in [-0.05, 0) is 80.1 Å². The van der Waals surface area contributed by atoms with Gasteiger partial charge >= 0.3 is 0 Å². The Kier molecular flexibility index (Phi) is 18.7. The Hall–Kier alpha value is -6.24. The van der Waals surface area contributed by atoms with Crippen molar-refractivity contribution >= 4 is 35.0 Å². The van der Waals surface area contributed by atoms with E-state index in [4.69, 9.17) is 9.47 Å². The minimum absolute atomic E-state index is 0.00105. The number of aromatic amines is 2. The van der Waals surface area contributed by atoms with Crippen LogP contribution in [-0.2, 0) is 52.3 Å². The smallest absolute Gasteiger partial charge is 0.253 e. The molecule has 4 amide bonds. The van der Waals surface area contributed by atoms with E-state index in [0.717, 1.165) is 35.4 Å². The van der Waals surface area contributed by atoms with Crippen molar-refractivity contribution in [3.63, 3.8) is 0 Å². The number of carbonyl (C=O) groups is 4. The average molecular weight is 1200 g/mol. The van der Waals surface area contributed by atoms with Gasteiger partial charge < -0.3 is 49.7 Å². The lowest BCUT2D eigenvalue weighted by atomic mass is 9.91. The van der Waals surface area contributed by atoms with Gasteiger partial charge in [0.15, 0.2) is 0 Å². The number of hydrogen-bond donors (Lipinski definition) is 4. The molecule has 9 heterocycles. The highest BCUT2D eigenvalue weighted by atomic mass is 19.1. The number of pyridine rings is 2. The van der Waals surface area contributed by atoms with Gasteiger partial charge in [-0.15, -0.1) is 0 Å². The summed E-state index contributed by atoms with van der Waals surface area (Å²) in [5.41, 5.74) is 4.14. The van der Waals surface area contributed by atoms with E-state index in [0.29, 0.717) is 147 Å². The number of piperidine rings is 1. The van der Waals surface area contributed by atoms with Crippen molar-refractivity contribution in [1.29, 1.82) is 0 Å². The maximum atomic E-state index is 14.4. The zero-order valence-electron chi connectivity index (χ0n) is 51.7. The monoisotopic (exact) mass is 1200 g/mol. The number of H-pyrrole nitrogens is 2. The Morgan fingerprint density at radius 2 is 1.06 bits per heavy atom. The van der Waals surface area contributed by atoms with Gasteiger partial charge in [-0.1, -0.05) is 52.0 Å². The molecule has 0 spiro atoms. The average Bonchev–Trinajstić information content (AvgIpc) is 1.68. The van der Waals surface area contributed by atoms with Gasteiger partial charge in [0.05, 0.1) is 37.7 Å². The van der Waals surface area contributed by atoms with Crippen LogP contribution in [0.2, 0.25) is 0 Å². The molecule has 7 aliphatic heterocycles. The molecule has 2 aromatic heterocycles. The Balaban J connectivity index is 0.641. The van der Waals surface area contributed by atoms with Crippen molar-refractivity contribution in [3.8, 4) is 0 Å². The fourth-order valence-electron chi connectivity index (χ4n) is 14.3. The van der Waals surface area contributed by atoms with Crippen molar-refractivity contribution in [3.05, 3.63) is 127 Å². The zero-order chi connectivity index (χ0) is 61.5. The third-order valence-electron chi connectivity index (χ3n) is 19.2. The number of nitrogens with one attached hydrogen (secondary N) is 4. The normalized spacial score (nSPS) is 25.6. The van der Waals surface area contributed by atoms with Crippen LogP contribution in [0.1, 0.15) is 88.0 Å². The Morgan fingerprint density at radius 3 is 1.52 bits per heavy atom. The van der Waals surface area contributed by atoms with E-state index in [1.165, 1.54) is 24.3 Å². The molecule has 20 nitrogen and oxygen atoms in total. The van der Waals surface area contributed by atoms with Gasteiger partial charge in [0.1, 0.15) is 23.8 Å². The first-order chi connectivity index (χ1) is 41.5. The highest BCUT2D eigenvalue weighted by Crippen LogP contribution is 2.41. The Bertz CT molecular complexity index is 3280. The lowest BCUT2D eigenvalue weighted by Crippen LogP contribution is -2.62. The molecule has 5 saturated heterocycles. The minimum Gasteiger partial charge on any atom is -0.366 e. The minimum atomic E-state index is -0.630. The number of carbonyl (C=O) groups excluding carboxylic acids is 4. The standard InChI is InChI=1S/C65H88F2N12O8/c1-41-30-76(37-56(80)78-39-64(3,4)58-52(78)26-46(60(82)70-58)24-43-8-12-48(66)13-9-43)50(28-68-41)33-73-20-22-86-54(35-73)62(84)72(7)32-45-16-18-75(19-17-45)63(85)55-36-74(21-23-87-55)34-51-29-69-42(2)31-77(51)38-57(81)79-40-65(5,6)59-53(79)27-47(61(83)71-59)25-44-10-14-49(67)15-11-44/h8-15,26-27,41-42,45,50-51,54-55,68-69H,16-25,28-40H2,1-7H3,(H,70,82)(H,71,83)/t41-,42-,50-,51-,54?,55?/m1/s1. The molecule has 6 atom stereocenters. The van der Waals surface area contributed by atoms with Gasteiger partial charge in [0, 0.05) is 176 Å². The van der Waals surface area contributed by atoms with Crippen molar-refractivity contribution in [1.82, 2.24) is 50.0 Å². The van der Waals surface area contributed by atoms with Crippen molar-refractivity contribution < 1.29 is 37.4 Å². The third-order valence-corrected chi connectivity index (χ3v) is 19.2. The van der Waals surface area contributed by atoms with Crippen LogP contribution in [-0.4, -0.2) is 231 Å². The number of likely N-dealkylation sites (N-methyl/N-ethyl adjacent to an activating group) is 1. The molecule has 11 rings (SSSR count). The largest absolute Gasteiger partial charge is 0.366 e. The first-order valence-corrected chi connectivity index (χ1v) is 31.3. The van der Waals surface area contributed by atoms with Gasteiger partial charge in [0.25, 0.3) is 22.9 Å². The number of benzene rings is 2. The summed E-state index contributed by atoms with van der Waals surface area (Å²) in [4.78, 5) is 106. The topological polar surface area (TPSA) is 202 Å². The summed E-state index contributed by atoms with van der Waals surface area (Å²) in [5.74, 6) is -0.652. The van der Waals surface area contributed by atoms with E-state index in [1.807, 2.05) is 56.7 Å². The number of amides is 4. The lowest BCUT2D eigenvalue weighted by molar-refractivity contribution is -0.153. The second kappa shape index (κ2) is 26.1. The number of aromatic nitrogens is 2. The van der Waals surface area contributed by atoms with Crippen LogP contribution < -0.4 is 31.6 Å². The summed E-state index contributed by atoms with van der Waals surface area (Å²) < 4.78 is 39.7. The third kappa shape index (κ3) is 14.3. The van der Waals surface area contributed by atoms with E-state index in [1.54, 1.807) is 34.1 Å². The molecule has 0 radical (unpaired) electrons. The second-order valence-corrected chi connectivity index (χ2v) is 27.1. The van der Waals surface area contributed by atoms with E-state index >= 15 is 0 Å².